The van der Waals surface area contributed by atoms with E-state index in [4.69, 9.17) is 44.3 Å². The van der Waals surface area contributed by atoms with Gasteiger partial charge in [-0.05, 0) is 84.9 Å². The summed E-state index contributed by atoms with van der Waals surface area (Å²) in [6.45, 7) is 0. The fourth-order valence-corrected chi connectivity index (χ4v) is 4.27. The lowest BCUT2D eigenvalue weighted by atomic mass is 10.2. The van der Waals surface area contributed by atoms with Crippen LogP contribution in [-0.2, 0) is 10.0 Å². The number of sulfonamides is 1. The number of benzene rings is 4. The number of hydrogen-bond acceptors (Lipinski definition) is 7. The van der Waals surface area contributed by atoms with E-state index >= 15 is 0 Å². The van der Waals surface area contributed by atoms with Crippen LogP contribution >= 0.6 is 34.8 Å². The molecule has 1 N–H and O–H groups in total. The number of esters is 2. The standard InChI is InChI=1S/C27H17Cl3N2O6S/c28-20-6-1-17(2-7-20)26(33)37-23-12-5-19(16-31-32-39(35,36)24-13-10-22(30)11-14-24)25(15-23)38-27(34)18-3-8-21(29)9-4-18/h1-16,32H. The van der Waals surface area contributed by atoms with Crippen LogP contribution in [-0.4, -0.2) is 26.6 Å². The zero-order valence-corrected chi connectivity index (χ0v) is 22.8. The van der Waals surface area contributed by atoms with E-state index in [1.54, 1.807) is 12.1 Å². The van der Waals surface area contributed by atoms with Gasteiger partial charge in [0.15, 0.2) is 0 Å². The molecule has 4 aromatic rings. The highest BCUT2D eigenvalue weighted by molar-refractivity contribution is 7.89. The smallest absolute Gasteiger partial charge is 0.343 e. The van der Waals surface area contributed by atoms with Crippen LogP contribution in [0.3, 0.4) is 0 Å². The molecule has 0 bridgehead atoms. The normalized spacial score (nSPS) is 11.3. The second-order valence-corrected chi connectivity index (χ2v) is 10.8. The Kier molecular flexibility index (Phi) is 8.88. The van der Waals surface area contributed by atoms with Crippen LogP contribution in [0.5, 0.6) is 11.5 Å². The number of hydrogen-bond donors (Lipinski definition) is 1. The molecule has 0 amide bonds. The van der Waals surface area contributed by atoms with Crippen molar-refractivity contribution >= 4 is 63.0 Å². The van der Waals surface area contributed by atoms with Gasteiger partial charge in [-0.1, -0.05) is 34.8 Å². The monoisotopic (exact) mass is 602 g/mol. The van der Waals surface area contributed by atoms with E-state index in [-0.39, 0.29) is 33.1 Å². The number of hydrazone groups is 1. The van der Waals surface area contributed by atoms with E-state index in [0.717, 1.165) is 6.21 Å². The number of carbonyl (C=O) groups excluding carboxylic acids is 2. The molecule has 0 spiro atoms. The molecule has 39 heavy (non-hydrogen) atoms. The molecular weight excluding hydrogens is 587 g/mol. The quantitative estimate of drug-likeness (QED) is 0.108. The van der Waals surface area contributed by atoms with Crippen LogP contribution in [0.25, 0.3) is 0 Å². The average molecular weight is 604 g/mol. The maximum absolute atomic E-state index is 12.8. The minimum Gasteiger partial charge on any atom is -0.423 e. The Morgan fingerprint density at radius 1 is 0.692 bits per heavy atom. The van der Waals surface area contributed by atoms with Crippen molar-refractivity contribution in [1.29, 1.82) is 0 Å². The van der Waals surface area contributed by atoms with Crippen molar-refractivity contribution in [2.45, 2.75) is 4.90 Å². The van der Waals surface area contributed by atoms with Gasteiger partial charge in [-0.15, -0.1) is 0 Å². The van der Waals surface area contributed by atoms with Gasteiger partial charge in [0.05, 0.1) is 22.2 Å². The number of rotatable bonds is 8. The van der Waals surface area contributed by atoms with Gasteiger partial charge in [-0.2, -0.15) is 13.5 Å². The predicted molar refractivity (Wildman–Crippen MR) is 149 cm³/mol. The third-order valence-electron chi connectivity index (χ3n) is 5.06. The minimum absolute atomic E-state index is 0.0502. The van der Waals surface area contributed by atoms with E-state index in [9.17, 15) is 18.0 Å². The lowest BCUT2D eigenvalue weighted by Crippen LogP contribution is -2.18. The minimum atomic E-state index is -3.99. The number of carbonyl (C=O) groups is 2. The first kappa shape index (κ1) is 28.1. The molecule has 0 aliphatic carbocycles. The van der Waals surface area contributed by atoms with Crippen molar-refractivity contribution in [2.24, 2.45) is 5.10 Å². The summed E-state index contributed by atoms with van der Waals surface area (Å²) in [5.41, 5.74) is 0.665. The first-order valence-corrected chi connectivity index (χ1v) is 13.6. The zero-order chi connectivity index (χ0) is 28.0. The topological polar surface area (TPSA) is 111 Å². The highest BCUT2D eigenvalue weighted by Gasteiger charge is 2.16. The summed E-state index contributed by atoms with van der Waals surface area (Å²) in [6, 6.07) is 21.8. The fraction of sp³-hybridized carbons (Fsp3) is 0. The Hall–Kier alpha value is -3.89. The van der Waals surface area contributed by atoms with E-state index in [2.05, 4.69) is 9.93 Å². The Bertz CT molecular complexity index is 1640. The second kappa shape index (κ2) is 12.3. The van der Waals surface area contributed by atoms with Crippen LogP contribution in [0.1, 0.15) is 26.3 Å². The van der Waals surface area contributed by atoms with Crippen molar-refractivity contribution < 1.29 is 27.5 Å². The molecule has 0 saturated heterocycles. The number of halogens is 3. The Morgan fingerprint density at radius 2 is 1.18 bits per heavy atom. The molecule has 0 unspecified atom stereocenters. The molecule has 0 radical (unpaired) electrons. The molecule has 0 aliphatic heterocycles. The van der Waals surface area contributed by atoms with Crippen LogP contribution < -0.4 is 14.3 Å². The second-order valence-electron chi connectivity index (χ2n) is 7.80. The van der Waals surface area contributed by atoms with Crippen molar-refractivity contribution in [3.8, 4) is 11.5 Å². The molecule has 0 atom stereocenters. The van der Waals surface area contributed by atoms with Gasteiger partial charge in [0.25, 0.3) is 10.0 Å². The van der Waals surface area contributed by atoms with E-state index in [1.807, 2.05) is 0 Å². The summed E-state index contributed by atoms with van der Waals surface area (Å²) in [6.07, 6.45) is 1.14. The molecule has 4 aromatic carbocycles. The first-order valence-electron chi connectivity index (χ1n) is 11.0. The van der Waals surface area contributed by atoms with Gasteiger partial charge in [-0.3, -0.25) is 0 Å². The third kappa shape index (κ3) is 7.58. The van der Waals surface area contributed by atoms with E-state index in [1.165, 1.54) is 78.9 Å². The third-order valence-corrected chi connectivity index (χ3v) is 7.05. The predicted octanol–water partition coefficient (Wildman–Crippen LogP) is 6.40. The summed E-state index contributed by atoms with van der Waals surface area (Å²) in [7, 11) is -3.99. The molecule has 0 heterocycles. The highest BCUT2D eigenvalue weighted by atomic mass is 35.5. The van der Waals surface area contributed by atoms with Gasteiger partial charge in [0.1, 0.15) is 11.5 Å². The number of nitrogens with one attached hydrogen (secondary N) is 1. The first-order chi connectivity index (χ1) is 18.6. The van der Waals surface area contributed by atoms with Crippen molar-refractivity contribution in [2.75, 3.05) is 0 Å². The molecular formula is C27H17Cl3N2O6S. The Balaban J connectivity index is 1.59. The van der Waals surface area contributed by atoms with Gasteiger partial charge in [-0.25, -0.2) is 14.4 Å². The zero-order valence-electron chi connectivity index (χ0n) is 19.7. The fourth-order valence-electron chi connectivity index (χ4n) is 3.10. The molecule has 4 rings (SSSR count). The molecule has 0 fully saturated rings. The summed E-state index contributed by atoms with van der Waals surface area (Å²) < 4.78 is 35.9. The van der Waals surface area contributed by atoms with Crippen LogP contribution in [0.15, 0.2) is 101 Å². The van der Waals surface area contributed by atoms with Gasteiger partial charge >= 0.3 is 11.9 Å². The summed E-state index contributed by atoms with van der Waals surface area (Å²) in [4.78, 5) is 27.3. The number of ether oxygens (including phenoxy) is 2. The summed E-state index contributed by atoms with van der Waals surface area (Å²) in [5, 5.41) is 5.05. The molecule has 8 nitrogen and oxygen atoms in total. The van der Waals surface area contributed by atoms with Crippen molar-refractivity contribution in [3.05, 3.63) is 123 Å². The molecule has 0 aliphatic rings. The largest absolute Gasteiger partial charge is 0.423 e. The van der Waals surface area contributed by atoms with Crippen LogP contribution in [0.2, 0.25) is 15.1 Å². The summed E-state index contributed by atoms with van der Waals surface area (Å²) >= 11 is 17.6. The van der Waals surface area contributed by atoms with Crippen molar-refractivity contribution in [3.63, 3.8) is 0 Å². The number of nitrogens with zero attached hydrogens (tertiary/aromatic N) is 1. The maximum Gasteiger partial charge on any atom is 0.343 e. The Labute approximate surface area is 238 Å². The van der Waals surface area contributed by atoms with Gasteiger partial charge in [0, 0.05) is 26.7 Å². The molecule has 0 aromatic heterocycles. The molecule has 12 heteroatoms. The summed E-state index contributed by atoms with van der Waals surface area (Å²) in [5.74, 6) is -1.39. The molecule has 198 valence electrons. The maximum atomic E-state index is 12.8. The SMILES string of the molecule is O=C(Oc1ccc(C=NNS(=O)(=O)c2ccc(Cl)cc2)c(OC(=O)c2ccc(Cl)cc2)c1)c1ccc(Cl)cc1. The Morgan fingerprint density at radius 3 is 1.72 bits per heavy atom. The van der Waals surface area contributed by atoms with Gasteiger partial charge in [0.2, 0.25) is 0 Å². The highest BCUT2D eigenvalue weighted by Crippen LogP contribution is 2.26. The van der Waals surface area contributed by atoms with E-state index < -0.39 is 22.0 Å². The van der Waals surface area contributed by atoms with E-state index in [0.29, 0.717) is 15.1 Å². The lowest BCUT2D eigenvalue weighted by molar-refractivity contribution is 0.0732. The lowest BCUT2D eigenvalue weighted by Gasteiger charge is -2.11. The molecule has 0 saturated carbocycles. The van der Waals surface area contributed by atoms with Crippen LogP contribution in [0, 0.1) is 0 Å². The van der Waals surface area contributed by atoms with Gasteiger partial charge < -0.3 is 9.47 Å². The average Bonchev–Trinajstić information content (AvgIpc) is 2.91. The van der Waals surface area contributed by atoms with Crippen molar-refractivity contribution in [1.82, 2.24) is 4.83 Å². The van der Waals surface area contributed by atoms with Crippen LogP contribution in [0.4, 0.5) is 0 Å².